The summed E-state index contributed by atoms with van der Waals surface area (Å²) >= 11 is 3.28. The highest BCUT2D eigenvalue weighted by atomic mass is 79.9. The fourth-order valence-corrected chi connectivity index (χ4v) is 2.44. The molecule has 0 unspecified atom stereocenters. The molecule has 1 aliphatic carbocycles. The van der Waals surface area contributed by atoms with Gasteiger partial charge in [0.1, 0.15) is 5.75 Å². The predicted molar refractivity (Wildman–Crippen MR) is 76.9 cm³/mol. The number of carbonyl (C=O) groups excluding carboxylic acids is 1. The Morgan fingerprint density at radius 3 is 2.89 bits per heavy atom. The maximum Gasteiger partial charge on any atom is 0.226 e. The molecule has 1 aliphatic rings. The summed E-state index contributed by atoms with van der Waals surface area (Å²) < 4.78 is 0.655. The van der Waals surface area contributed by atoms with Crippen molar-refractivity contribution in [3.05, 3.63) is 28.4 Å². The molecule has 2 aromatic rings. The van der Waals surface area contributed by atoms with Crippen LogP contribution in [0.2, 0.25) is 0 Å². The molecule has 3 N–H and O–H groups in total. The van der Waals surface area contributed by atoms with E-state index < -0.39 is 0 Å². The second-order valence-electron chi connectivity index (χ2n) is 5.43. The maximum atomic E-state index is 11.9. The van der Waals surface area contributed by atoms with Gasteiger partial charge in [-0.05, 0) is 47.0 Å². The molecule has 3 rings (SSSR count). The molecule has 4 nitrogen and oxygen atoms in total. The van der Waals surface area contributed by atoms with Gasteiger partial charge in [0.2, 0.25) is 5.91 Å². The zero-order valence-electron chi connectivity index (χ0n) is 10.6. The van der Waals surface area contributed by atoms with Crippen molar-refractivity contribution in [2.75, 3.05) is 0 Å². The largest absolute Gasteiger partial charge is 0.507 e. The molecule has 0 bridgehead atoms. The average Bonchev–Trinajstić information content (AvgIpc) is 2.99. The molecule has 1 aromatic heterocycles. The molecule has 5 heteroatoms. The van der Waals surface area contributed by atoms with Crippen LogP contribution < -0.4 is 5.32 Å². The van der Waals surface area contributed by atoms with E-state index in [1.54, 1.807) is 6.07 Å². The van der Waals surface area contributed by atoms with Crippen LogP contribution >= 0.6 is 15.9 Å². The summed E-state index contributed by atoms with van der Waals surface area (Å²) in [5.41, 5.74) is 1.73. The average molecular weight is 323 g/mol. The van der Waals surface area contributed by atoms with E-state index in [-0.39, 0.29) is 17.1 Å². The lowest BCUT2D eigenvalue weighted by Gasteiger charge is -2.08. The Balaban J connectivity index is 1.76. The number of carbonyl (C=O) groups is 1. The van der Waals surface area contributed by atoms with Gasteiger partial charge in [0.25, 0.3) is 0 Å². The number of hydrogen-bond acceptors (Lipinski definition) is 2. The molecule has 1 heterocycles. The summed E-state index contributed by atoms with van der Waals surface area (Å²) in [6.45, 7) is 2.48. The van der Waals surface area contributed by atoms with Crippen molar-refractivity contribution in [2.24, 2.45) is 5.41 Å². The standard InChI is InChI=1S/C14H15BrN2O2/c1-14(2-3-14)13(19)16-7-9-4-8-5-12(18)10(15)6-11(8)17-9/h4-6,17-18H,2-3,7H2,1H3,(H,16,19). The highest BCUT2D eigenvalue weighted by Gasteiger charge is 2.44. The van der Waals surface area contributed by atoms with Crippen LogP contribution in [0.1, 0.15) is 25.5 Å². The molecule has 1 saturated carbocycles. The number of fused-ring (bicyclic) bond motifs is 1. The van der Waals surface area contributed by atoms with Gasteiger partial charge in [0.15, 0.2) is 0 Å². The van der Waals surface area contributed by atoms with Gasteiger partial charge >= 0.3 is 0 Å². The molecular weight excluding hydrogens is 308 g/mol. The van der Waals surface area contributed by atoms with E-state index in [0.717, 1.165) is 29.4 Å². The van der Waals surface area contributed by atoms with E-state index in [0.29, 0.717) is 11.0 Å². The molecule has 0 saturated heterocycles. The number of rotatable bonds is 3. The van der Waals surface area contributed by atoms with Gasteiger partial charge in [-0.1, -0.05) is 6.92 Å². The van der Waals surface area contributed by atoms with Crippen LogP contribution in [0.3, 0.4) is 0 Å². The summed E-state index contributed by atoms with van der Waals surface area (Å²) in [5, 5.41) is 13.5. The quantitative estimate of drug-likeness (QED) is 0.813. The highest BCUT2D eigenvalue weighted by Crippen LogP contribution is 2.45. The SMILES string of the molecule is CC1(C(=O)NCc2cc3cc(O)c(Br)cc3[nH]2)CC1. The Bertz CT molecular complexity index is 620. The van der Waals surface area contributed by atoms with Crippen LogP contribution in [0.15, 0.2) is 22.7 Å². The molecule has 0 spiro atoms. The van der Waals surface area contributed by atoms with Crippen molar-refractivity contribution >= 4 is 32.7 Å². The van der Waals surface area contributed by atoms with Gasteiger partial charge in [0.05, 0.1) is 11.0 Å². The third kappa shape index (κ3) is 2.34. The van der Waals surface area contributed by atoms with Gasteiger partial charge < -0.3 is 15.4 Å². The number of nitrogens with one attached hydrogen (secondary N) is 2. The first-order chi connectivity index (χ1) is 8.98. The molecule has 1 aromatic carbocycles. The number of aromatic amines is 1. The Morgan fingerprint density at radius 2 is 2.21 bits per heavy atom. The molecule has 19 heavy (non-hydrogen) atoms. The molecule has 100 valence electrons. The second kappa shape index (κ2) is 4.27. The molecule has 0 aliphatic heterocycles. The number of halogens is 1. The van der Waals surface area contributed by atoms with Crippen molar-refractivity contribution < 1.29 is 9.90 Å². The minimum absolute atomic E-state index is 0.121. The summed E-state index contributed by atoms with van der Waals surface area (Å²) in [5.74, 6) is 0.336. The van der Waals surface area contributed by atoms with Crippen molar-refractivity contribution in [1.82, 2.24) is 10.3 Å². The minimum Gasteiger partial charge on any atom is -0.507 e. The van der Waals surface area contributed by atoms with E-state index in [4.69, 9.17) is 0 Å². The van der Waals surface area contributed by atoms with E-state index in [1.807, 2.05) is 19.1 Å². The normalized spacial score (nSPS) is 16.5. The van der Waals surface area contributed by atoms with Crippen LogP contribution in [0.5, 0.6) is 5.75 Å². The third-order valence-electron chi connectivity index (χ3n) is 3.73. The lowest BCUT2D eigenvalue weighted by Crippen LogP contribution is -2.29. The summed E-state index contributed by atoms with van der Waals surface area (Å²) in [7, 11) is 0. The summed E-state index contributed by atoms with van der Waals surface area (Å²) in [6.07, 6.45) is 1.96. The molecule has 1 fully saturated rings. The van der Waals surface area contributed by atoms with Crippen LogP contribution in [0.4, 0.5) is 0 Å². The van der Waals surface area contributed by atoms with Gasteiger partial charge in [0, 0.05) is 22.0 Å². The van der Waals surface area contributed by atoms with Gasteiger partial charge in [-0.3, -0.25) is 4.79 Å². The molecule has 0 atom stereocenters. The Morgan fingerprint density at radius 1 is 1.47 bits per heavy atom. The second-order valence-corrected chi connectivity index (χ2v) is 6.28. The third-order valence-corrected chi connectivity index (χ3v) is 4.37. The van der Waals surface area contributed by atoms with Gasteiger partial charge in [-0.15, -0.1) is 0 Å². The van der Waals surface area contributed by atoms with Crippen LogP contribution in [-0.4, -0.2) is 16.0 Å². The summed E-state index contributed by atoms with van der Waals surface area (Å²) in [6, 6.07) is 5.47. The fraction of sp³-hybridized carbons (Fsp3) is 0.357. The number of phenolic OH excluding ortho intramolecular Hbond substituents is 1. The Hall–Kier alpha value is -1.49. The van der Waals surface area contributed by atoms with Gasteiger partial charge in [-0.2, -0.15) is 0 Å². The first kappa shape index (κ1) is 12.5. The number of aromatic hydroxyl groups is 1. The number of benzene rings is 1. The number of amides is 1. The maximum absolute atomic E-state index is 11.9. The highest BCUT2D eigenvalue weighted by molar-refractivity contribution is 9.10. The topological polar surface area (TPSA) is 65.1 Å². The van der Waals surface area contributed by atoms with Crippen LogP contribution in [-0.2, 0) is 11.3 Å². The fourth-order valence-electron chi connectivity index (χ4n) is 2.10. The molecular formula is C14H15BrN2O2. The van der Waals surface area contributed by atoms with Crippen molar-refractivity contribution in [1.29, 1.82) is 0 Å². The first-order valence-corrected chi connectivity index (χ1v) is 7.06. The van der Waals surface area contributed by atoms with E-state index >= 15 is 0 Å². The predicted octanol–water partition coefficient (Wildman–Crippen LogP) is 3.05. The van der Waals surface area contributed by atoms with E-state index in [2.05, 4.69) is 26.2 Å². The zero-order valence-corrected chi connectivity index (χ0v) is 12.2. The first-order valence-electron chi connectivity index (χ1n) is 6.26. The summed E-state index contributed by atoms with van der Waals surface area (Å²) in [4.78, 5) is 15.1. The monoisotopic (exact) mass is 322 g/mol. The lowest BCUT2D eigenvalue weighted by molar-refractivity contribution is -0.125. The van der Waals surface area contributed by atoms with Crippen LogP contribution in [0, 0.1) is 5.41 Å². The zero-order chi connectivity index (χ0) is 13.6. The number of hydrogen-bond donors (Lipinski definition) is 3. The van der Waals surface area contributed by atoms with Crippen LogP contribution in [0.25, 0.3) is 10.9 Å². The van der Waals surface area contributed by atoms with E-state index in [9.17, 15) is 9.90 Å². The number of H-pyrrole nitrogens is 1. The minimum atomic E-state index is -0.146. The van der Waals surface area contributed by atoms with Crippen molar-refractivity contribution in [3.8, 4) is 5.75 Å². The smallest absolute Gasteiger partial charge is 0.226 e. The Kier molecular flexibility index (Phi) is 2.82. The number of phenols is 1. The van der Waals surface area contributed by atoms with Crippen molar-refractivity contribution in [3.63, 3.8) is 0 Å². The van der Waals surface area contributed by atoms with E-state index in [1.165, 1.54) is 0 Å². The lowest BCUT2D eigenvalue weighted by atomic mass is 10.1. The molecule has 1 amide bonds. The Labute approximate surface area is 119 Å². The van der Waals surface area contributed by atoms with Crippen molar-refractivity contribution in [2.45, 2.75) is 26.3 Å². The molecule has 0 radical (unpaired) electrons. The number of aromatic nitrogens is 1. The van der Waals surface area contributed by atoms with Gasteiger partial charge in [-0.25, -0.2) is 0 Å².